The molecule has 0 aliphatic carbocycles. The van der Waals surface area contributed by atoms with Gasteiger partial charge in [0.05, 0.1) is 12.2 Å². The zero-order valence-electron chi connectivity index (χ0n) is 8.67. The Kier molecular flexibility index (Phi) is 4.59. The fraction of sp³-hybridized carbons (Fsp3) is 0.600. The standard InChI is InChI=1S/C10H16N2OS/c1-3-5-9(13)11-6-10-12-8(4-2)7-14-10/h7H,3-6H2,1-2H3,(H,11,13). The largest absolute Gasteiger partial charge is 0.350 e. The van der Waals surface area contributed by atoms with E-state index in [4.69, 9.17) is 0 Å². The van der Waals surface area contributed by atoms with Crippen molar-refractivity contribution >= 4 is 17.2 Å². The SMILES string of the molecule is CCCC(=O)NCc1nc(CC)cs1. The Morgan fingerprint density at radius 3 is 2.93 bits per heavy atom. The molecule has 1 aromatic heterocycles. The summed E-state index contributed by atoms with van der Waals surface area (Å²) >= 11 is 1.61. The molecule has 0 spiro atoms. The van der Waals surface area contributed by atoms with Crippen LogP contribution in [-0.4, -0.2) is 10.9 Å². The molecular weight excluding hydrogens is 196 g/mol. The minimum Gasteiger partial charge on any atom is -0.350 e. The van der Waals surface area contributed by atoms with Gasteiger partial charge in [-0.2, -0.15) is 0 Å². The lowest BCUT2D eigenvalue weighted by Crippen LogP contribution is -2.21. The summed E-state index contributed by atoms with van der Waals surface area (Å²) in [5.41, 5.74) is 1.11. The van der Waals surface area contributed by atoms with Crippen molar-refractivity contribution in [1.29, 1.82) is 0 Å². The third-order valence-corrected chi connectivity index (χ3v) is 2.77. The number of carbonyl (C=O) groups excluding carboxylic acids is 1. The lowest BCUT2D eigenvalue weighted by atomic mass is 10.3. The van der Waals surface area contributed by atoms with Crippen molar-refractivity contribution in [3.63, 3.8) is 0 Å². The minimum absolute atomic E-state index is 0.112. The molecule has 1 rings (SSSR count). The van der Waals surface area contributed by atoms with E-state index in [0.717, 1.165) is 23.5 Å². The second-order valence-corrected chi connectivity index (χ2v) is 4.06. The number of aromatic nitrogens is 1. The number of thiazole rings is 1. The van der Waals surface area contributed by atoms with Crippen LogP contribution in [0, 0.1) is 0 Å². The Hall–Kier alpha value is -0.900. The van der Waals surface area contributed by atoms with Crippen LogP contribution in [0.2, 0.25) is 0 Å². The number of aryl methyl sites for hydroxylation is 1. The fourth-order valence-corrected chi connectivity index (χ4v) is 1.90. The average Bonchev–Trinajstić information content (AvgIpc) is 2.63. The summed E-state index contributed by atoms with van der Waals surface area (Å²) in [6.45, 7) is 4.65. The van der Waals surface area contributed by atoms with E-state index in [-0.39, 0.29) is 5.91 Å². The van der Waals surface area contributed by atoms with E-state index in [1.54, 1.807) is 11.3 Å². The van der Waals surface area contributed by atoms with Gasteiger partial charge in [0.2, 0.25) is 5.91 Å². The van der Waals surface area contributed by atoms with Gasteiger partial charge in [0, 0.05) is 11.8 Å². The number of hydrogen-bond donors (Lipinski definition) is 1. The summed E-state index contributed by atoms with van der Waals surface area (Å²) in [4.78, 5) is 15.5. The number of rotatable bonds is 5. The van der Waals surface area contributed by atoms with Crippen LogP contribution in [0.3, 0.4) is 0 Å². The van der Waals surface area contributed by atoms with Crippen molar-refractivity contribution in [2.75, 3.05) is 0 Å². The number of nitrogens with one attached hydrogen (secondary N) is 1. The molecule has 0 fully saturated rings. The molecule has 0 radical (unpaired) electrons. The Morgan fingerprint density at radius 1 is 1.57 bits per heavy atom. The smallest absolute Gasteiger partial charge is 0.220 e. The summed E-state index contributed by atoms with van der Waals surface area (Å²) in [7, 11) is 0. The second-order valence-electron chi connectivity index (χ2n) is 3.11. The summed E-state index contributed by atoms with van der Waals surface area (Å²) in [6.07, 6.45) is 2.45. The van der Waals surface area contributed by atoms with Crippen molar-refractivity contribution in [3.8, 4) is 0 Å². The Balaban J connectivity index is 2.34. The van der Waals surface area contributed by atoms with Gasteiger partial charge in [0.1, 0.15) is 5.01 Å². The van der Waals surface area contributed by atoms with Crippen molar-refractivity contribution < 1.29 is 4.79 Å². The first-order valence-electron chi connectivity index (χ1n) is 4.96. The third kappa shape index (κ3) is 3.46. The Labute approximate surface area is 88.6 Å². The first-order chi connectivity index (χ1) is 6.76. The molecule has 1 aromatic rings. The van der Waals surface area contributed by atoms with Crippen LogP contribution < -0.4 is 5.32 Å². The highest BCUT2D eigenvalue weighted by molar-refractivity contribution is 7.09. The predicted molar refractivity (Wildman–Crippen MR) is 58.2 cm³/mol. The van der Waals surface area contributed by atoms with Crippen LogP contribution in [-0.2, 0) is 17.8 Å². The normalized spacial score (nSPS) is 10.1. The fourth-order valence-electron chi connectivity index (χ4n) is 1.08. The van der Waals surface area contributed by atoms with Gasteiger partial charge >= 0.3 is 0 Å². The number of nitrogens with zero attached hydrogens (tertiary/aromatic N) is 1. The monoisotopic (exact) mass is 212 g/mol. The number of hydrogen-bond acceptors (Lipinski definition) is 3. The quantitative estimate of drug-likeness (QED) is 0.812. The number of amides is 1. The minimum atomic E-state index is 0.112. The van der Waals surface area contributed by atoms with Crippen LogP contribution >= 0.6 is 11.3 Å². The van der Waals surface area contributed by atoms with E-state index in [9.17, 15) is 4.79 Å². The van der Waals surface area contributed by atoms with Crippen LogP contribution in [0.5, 0.6) is 0 Å². The zero-order chi connectivity index (χ0) is 10.4. The van der Waals surface area contributed by atoms with Gasteiger partial charge < -0.3 is 5.32 Å². The van der Waals surface area contributed by atoms with Crippen molar-refractivity contribution in [2.24, 2.45) is 0 Å². The van der Waals surface area contributed by atoms with Crippen LogP contribution in [0.4, 0.5) is 0 Å². The molecule has 78 valence electrons. The van der Waals surface area contributed by atoms with Crippen LogP contribution in [0.25, 0.3) is 0 Å². The third-order valence-electron chi connectivity index (χ3n) is 1.88. The number of carbonyl (C=O) groups is 1. The van der Waals surface area contributed by atoms with E-state index in [0.29, 0.717) is 13.0 Å². The van der Waals surface area contributed by atoms with Crippen molar-refractivity contribution in [3.05, 3.63) is 16.1 Å². The van der Waals surface area contributed by atoms with Crippen molar-refractivity contribution in [2.45, 2.75) is 39.7 Å². The molecule has 1 N–H and O–H groups in total. The molecule has 0 unspecified atom stereocenters. The first kappa shape index (κ1) is 11.2. The van der Waals surface area contributed by atoms with Gasteiger partial charge in [-0.25, -0.2) is 4.98 Å². The lowest BCUT2D eigenvalue weighted by Gasteiger charge is -2.00. The van der Waals surface area contributed by atoms with E-state index in [1.165, 1.54) is 0 Å². The Morgan fingerprint density at radius 2 is 2.36 bits per heavy atom. The van der Waals surface area contributed by atoms with Crippen LogP contribution in [0.15, 0.2) is 5.38 Å². The van der Waals surface area contributed by atoms with E-state index < -0.39 is 0 Å². The molecule has 1 heterocycles. The van der Waals surface area contributed by atoms with E-state index in [1.807, 2.05) is 12.3 Å². The Bertz CT molecular complexity index is 296. The van der Waals surface area contributed by atoms with Gasteiger partial charge in [-0.3, -0.25) is 4.79 Å². The average molecular weight is 212 g/mol. The summed E-state index contributed by atoms with van der Waals surface area (Å²) in [6, 6.07) is 0. The van der Waals surface area contributed by atoms with Gasteiger partial charge in [0.25, 0.3) is 0 Å². The summed E-state index contributed by atoms with van der Waals surface area (Å²) in [5.74, 6) is 0.112. The molecule has 14 heavy (non-hydrogen) atoms. The molecule has 0 atom stereocenters. The first-order valence-corrected chi connectivity index (χ1v) is 5.84. The van der Waals surface area contributed by atoms with Gasteiger partial charge in [-0.05, 0) is 12.8 Å². The lowest BCUT2D eigenvalue weighted by molar-refractivity contribution is -0.121. The molecule has 3 nitrogen and oxygen atoms in total. The van der Waals surface area contributed by atoms with E-state index >= 15 is 0 Å². The molecule has 1 amide bonds. The molecule has 4 heteroatoms. The summed E-state index contributed by atoms with van der Waals surface area (Å²) in [5, 5.41) is 5.88. The van der Waals surface area contributed by atoms with Gasteiger partial charge in [-0.15, -0.1) is 11.3 Å². The van der Waals surface area contributed by atoms with E-state index in [2.05, 4.69) is 17.2 Å². The molecular formula is C10H16N2OS. The highest BCUT2D eigenvalue weighted by Crippen LogP contribution is 2.09. The zero-order valence-corrected chi connectivity index (χ0v) is 9.49. The van der Waals surface area contributed by atoms with Crippen LogP contribution in [0.1, 0.15) is 37.4 Å². The molecule has 0 saturated carbocycles. The molecule has 0 aromatic carbocycles. The van der Waals surface area contributed by atoms with Gasteiger partial charge in [-0.1, -0.05) is 13.8 Å². The molecule has 0 saturated heterocycles. The second kappa shape index (κ2) is 5.75. The maximum absolute atomic E-state index is 11.2. The highest BCUT2D eigenvalue weighted by Gasteiger charge is 2.02. The topological polar surface area (TPSA) is 42.0 Å². The molecule has 0 aliphatic heterocycles. The maximum atomic E-state index is 11.2. The highest BCUT2D eigenvalue weighted by atomic mass is 32.1. The predicted octanol–water partition coefficient (Wildman–Crippen LogP) is 2.12. The summed E-state index contributed by atoms with van der Waals surface area (Å²) < 4.78 is 0. The maximum Gasteiger partial charge on any atom is 0.220 e. The van der Waals surface area contributed by atoms with Crippen molar-refractivity contribution in [1.82, 2.24) is 10.3 Å². The molecule has 0 aliphatic rings. The molecule has 0 bridgehead atoms. The van der Waals surface area contributed by atoms with Gasteiger partial charge in [0.15, 0.2) is 0 Å².